The van der Waals surface area contributed by atoms with E-state index in [9.17, 15) is 29.4 Å². The fraction of sp³-hybridized carbons (Fsp3) is 0.448. The van der Waals surface area contributed by atoms with Crippen molar-refractivity contribution in [2.24, 2.45) is 5.73 Å². The third-order valence-corrected chi connectivity index (χ3v) is 6.86. The predicted molar refractivity (Wildman–Crippen MR) is 149 cm³/mol. The maximum atomic E-state index is 13.6. The maximum Gasteiger partial charge on any atom is 0.326 e. The van der Waals surface area contributed by atoms with Crippen molar-refractivity contribution in [3.8, 4) is 5.75 Å². The lowest BCUT2D eigenvalue weighted by Gasteiger charge is -2.25. The van der Waals surface area contributed by atoms with Crippen molar-refractivity contribution in [1.29, 1.82) is 0 Å². The summed E-state index contributed by atoms with van der Waals surface area (Å²) in [6, 6.07) is 11.7. The molecular formula is C29H39N5O6. The third kappa shape index (κ3) is 9.65. The van der Waals surface area contributed by atoms with Gasteiger partial charge in [0.05, 0.1) is 6.04 Å². The third-order valence-electron chi connectivity index (χ3n) is 6.86. The van der Waals surface area contributed by atoms with Gasteiger partial charge in [0.1, 0.15) is 23.9 Å². The molecule has 216 valence electrons. The van der Waals surface area contributed by atoms with Crippen molar-refractivity contribution < 1.29 is 29.4 Å². The van der Waals surface area contributed by atoms with E-state index in [4.69, 9.17) is 5.73 Å². The van der Waals surface area contributed by atoms with Gasteiger partial charge < -0.3 is 37.2 Å². The second kappa shape index (κ2) is 15.6. The van der Waals surface area contributed by atoms with Crippen LogP contribution in [0, 0.1) is 0 Å². The Morgan fingerprint density at radius 2 is 1.45 bits per heavy atom. The van der Waals surface area contributed by atoms with E-state index in [0.717, 1.165) is 12.0 Å². The molecule has 4 unspecified atom stereocenters. The van der Waals surface area contributed by atoms with E-state index in [1.54, 1.807) is 24.3 Å². The number of nitrogens with two attached hydrogens (primary N) is 1. The van der Waals surface area contributed by atoms with Gasteiger partial charge >= 0.3 is 5.97 Å². The molecule has 2 aromatic carbocycles. The van der Waals surface area contributed by atoms with E-state index >= 15 is 0 Å². The van der Waals surface area contributed by atoms with E-state index in [1.807, 2.05) is 18.2 Å². The smallest absolute Gasteiger partial charge is 0.326 e. The van der Waals surface area contributed by atoms with Crippen LogP contribution in [0.5, 0.6) is 5.75 Å². The lowest BCUT2D eigenvalue weighted by Crippen LogP contribution is -2.58. The first-order valence-electron chi connectivity index (χ1n) is 13.7. The first-order valence-corrected chi connectivity index (χ1v) is 13.7. The number of benzene rings is 2. The molecule has 40 heavy (non-hydrogen) atoms. The van der Waals surface area contributed by atoms with Crippen molar-refractivity contribution in [2.45, 2.75) is 69.1 Å². The second-order valence-corrected chi connectivity index (χ2v) is 10.0. The van der Waals surface area contributed by atoms with Gasteiger partial charge in [0.15, 0.2) is 0 Å². The molecule has 1 aliphatic rings. The largest absolute Gasteiger partial charge is 0.508 e. The first-order chi connectivity index (χ1) is 19.3. The van der Waals surface area contributed by atoms with Crippen LogP contribution in [-0.2, 0) is 32.0 Å². The van der Waals surface area contributed by atoms with Crippen LogP contribution in [-0.4, -0.2) is 71.2 Å². The van der Waals surface area contributed by atoms with Crippen molar-refractivity contribution in [1.82, 2.24) is 21.3 Å². The maximum absolute atomic E-state index is 13.6. The van der Waals surface area contributed by atoms with Gasteiger partial charge in [0.25, 0.3) is 0 Å². The van der Waals surface area contributed by atoms with Gasteiger partial charge in [-0.05, 0) is 68.5 Å². The van der Waals surface area contributed by atoms with Crippen LogP contribution >= 0.6 is 0 Å². The molecule has 11 heteroatoms. The van der Waals surface area contributed by atoms with Crippen LogP contribution < -0.4 is 27.0 Å². The van der Waals surface area contributed by atoms with Crippen molar-refractivity contribution in [2.75, 3.05) is 13.1 Å². The first kappa shape index (κ1) is 30.6. The topological polar surface area (TPSA) is 183 Å². The summed E-state index contributed by atoms with van der Waals surface area (Å²) in [7, 11) is 0. The Hall–Kier alpha value is -3.96. The number of rotatable bonds is 15. The number of nitrogens with one attached hydrogen (secondary N) is 4. The van der Waals surface area contributed by atoms with Crippen LogP contribution in [0.15, 0.2) is 54.6 Å². The summed E-state index contributed by atoms with van der Waals surface area (Å²) in [6.07, 6.45) is 3.11. The average Bonchev–Trinajstić information content (AvgIpc) is 3.49. The highest BCUT2D eigenvalue weighted by Gasteiger charge is 2.31. The highest BCUT2D eigenvalue weighted by molar-refractivity contribution is 5.94. The normalized spacial score (nSPS) is 16.9. The Morgan fingerprint density at radius 1 is 0.850 bits per heavy atom. The van der Waals surface area contributed by atoms with Gasteiger partial charge in [-0.3, -0.25) is 14.4 Å². The van der Waals surface area contributed by atoms with E-state index in [2.05, 4.69) is 21.3 Å². The number of aliphatic carboxylic acids is 1. The van der Waals surface area contributed by atoms with E-state index < -0.39 is 42.0 Å². The zero-order chi connectivity index (χ0) is 28.9. The molecule has 3 rings (SSSR count). The fourth-order valence-electron chi connectivity index (χ4n) is 4.61. The van der Waals surface area contributed by atoms with E-state index in [1.165, 1.54) is 12.1 Å². The lowest BCUT2D eigenvalue weighted by atomic mass is 10.0. The number of carboxylic acid groups (broad SMARTS) is 1. The zero-order valence-corrected chi connectivity index (χ0v) is 22.5. The molecule has 2 aromatic rings. The van der Waals surface area contributed by atoms with Gasteiger partial charge in [0, 0.05) is 12.8 Å². The molecule has 0 bridgehead atoms. The van der Waals surface area contributed by atoms with Gasteiger partial charge in [0.2, 0.25) is 17.7 Å². The molecule has 8 N–H and O–H groups in total. The molecule has 0 saturated carbocycles. The quantitative estimate of drug-likeness (QED) is 0.156. The fourth-order valence-corrected chi connectivity index (χ4v) is 4.61. The standard InChI is InChI=1S/C29H39N5O6/c30-15-5-4-9-23(29(39)40)32-27(37)24(17-19-7-2-1-3-8-19)34-28(38)25(18-20-11-13-21(35)14-12-20)33-26(36)22-10-6-16-31-22/h1-3,7-8,11-14,22-25,31,35H,4-6,9-10,15-18,30H2,(H,32,37)(H,33,36)(H,34,38)(H,39,40). The molecule has 11 nitrogen and oxygen atoms in total. The summed E-state index contributed by atoms with van der Waals surface area (Å²) in [5, 5.41) is 30.5. The number of phenolic OH excluding ortho intramolecular Hbond substituents is 1. The summed E-state index contributed by atoms with van der Waals surface area (Å²) in [6.45, 7) is 1.12. The molecule has 1 saturated heterocycles. The molecule has 3 amide bonds. The number of hydrogen-bond acceptors (Lipinski definition) is 7. The minimum Gasteiger partial charge on any atom is -0.508 e. The van der Waals surface area contributed by atoms with Crippen molar-refractivity contribution >= 4 is 23.7 Å². The Balaban J connectivity index is 1.80. The number of unbranched alkanes of at least 4 members (excludes halogenated alkanes) is 1. The SMILES string of the molecule is NCCCCC(NC(=O)C(Cc1ccccc1)NC(=O)C(Cc1ccc(O)cc1)NC(=O)C1CCCN1)C(=O)O. The Labute approximate surface area is 233 Å². The van der Waals surface area contributed by atoms with Crippen LogP contribution in [0.25, 0.3) is 0 Å². The Kier molecular flexibility index (Phi) is 11.9. The number of aromatic hydroxyl groups is 1. The number of carboxylic acids is 1. The monoisotopic (exact) mass is 553 g/mol. The Morgan fingerprint density at radius 3 is 2.02 bits per heavy atom. The zero-order valence-electron chi connectivity index (χ0n) is 22.5. The summed E-state index contributed by atoms with van der Waals surface area (Å²) in [5.41, 5.74) is 6.99. The summed E-state index contributed by atoms with van der Waals surface area (Å²) < 4.78 is 0. The van der Waals surface area contributed by atoms with Crippen molar-refractivity contribution in [3.63, 3.8) is 0 Å². The molecule has 0 aromatic heterocycles. The Bertz CT molecular complexity index is 1120. The highest BCUT2D eigenvalue weighted by Crippen LogP contribution is 2.13. The van der Waals surface area contributed by atoms with Crippen LogP contribution in [0.1, 0.15) is 43.2 Å². The second-order valence-electron chi connectivity index (χ2n) is 10.0. The van der Waals surface area contributed by atoms with E-state index in [-0.39, 0.29) is 30.9 Å². The van der Waals surface area contributed by atoms with Crippen LogP contribution in [0.2, 0.25) is 0 Å². The predicted octanol–water partition coefficient (Wildman–Crippen LogP) is 0.597. The molecule has 0 spiro atoms. The number of carbonyl (C=O) groups is 4. The number of amides is 3. The molecule has 4 atom stereocenters. The number of phenols is 1. The number of hydrogen-bond donors (Lipinski definition) is 7. The molecule has 1 heterocycles. The molecule has 0 aliphatic carbocycles. The van der Waals surface area contributed by atoms with Crippen LogP contribution in [0.4, 0.5) is 0 Å². The average molecular weight is 554 g/mol. The van der Waals surface area contributed by atoms with Gasteiger partial charge in [-0.15, -0.1) is 0 Å². The van der Waals surface area contributed by atoms with Gasteiger partial charge in [-0.25, -0.2) is 4.79 Å². The lowest BCUT2D eigenvalue weighted by molar-refractivity contribution is -0.142. The minimum atomic E-state index is -1.17. The van der Waals surface area contributed by atoms with Gasteiger partial charge in [-0.1, -0.05) is 42.5 Å². The summed E-state index contributed by atoms with van der Waals surface area (Å²) in [5.74, 6) is -2.62. The van der Waals surface area contributed by atoms with E-state index in [0.29, 0.717) is 37.9 Å². The number of carbonyl (C=O) groups excluding carboxylic acids is 3. The summed E-state index contributed by atoms with van der Waals surface area (Å²) in [4.78, 5) is 51.7. The van der Waals surface area contributed by atoms with Crippen LogP contribution in [0.3, 0.4) is 0 Å². The van der Waals surface area contributed by atoms with Crippen molar-refractivity contribution in [3.05, 3.63) is 65.7 Å². The molecular weight excluding hydrogens is 514 g/mol. The molecule has 1 aliphatic heterocycles. The molecule has 0 radical (unpaired) electrons. The minimum absolute atomic E-state index is 0.0722. The van der Waals surface area contributed by atoms with Gasteiger partial charge in [-0.2, -0.15) is 0 Å². The highest BCUT2D eigenvalue weighted by atomic mass is 16.4. The summed E-state index contributed by atoms with van der Waals surface area (Å²) >= 11 is 0. The molecule has 1 fully saturated rings.